The highest BCUT2D eigenvalue weighted by Gasteiger charge is 2.54. The third-order valence-corrected chi connectivity index (χ3v) is 11.2. The van der Waals surface area contributed by atoms with Gasteiger partial charge in [0.1, 0.15) is 23.2 Å². The van der Waals surface area contributed by atoms with E-state index in [1.165, 1.54) is 28.4 Å². The molecule has 0 spiro atoms. The zero-order valence-corrected chi connectivity index (χ0v) is 27.7. The summed E-state index contributed by atoms with van der Waals surface area (Å²) >= 11 is 3.63. The van der Waals surface area contributed by atoms with Gasteiger partial charge in [0.05, 0.1) is 0 Å². The molecular weight excluding hydrogens is 657 g/mol. The number of thioether (sulfide) groups is 2. The smallest absolute Gasteiger partial charge is 0.352 e. The van der Waals surface area contributed by atoms with Gasteiger partial charge >= 0.3 is 5.97 Å². The number of carboxylic acid groups (broad SMARTS) is 1. The molecule has 0 bridgehead atoms. The Bertz CT molecular complexity index is 1500. The van der Waals surface area contributed by atoms with E-state index in [4.69, 9.17) is 10.6 Å². The number of hydrogen-bond donors (Lipinski definition) is 3. The average molecular weight is 693 g/mol. The number of β-lactam (4-membered cyclic amide) rings is 1. The lowest BCUT2D eigenvalue weighted by Gasteiger charge is -2.49. The fraction of sp³-hybridized carbons (Fsp3) is 0.654. The first-order valence-electron chi connectivity index (χ1n) is 15.1. The maximum atomic E-state index is 13.3. The van der Waals surface area contributed by atoms with Crippen molar-refractivity contribution in [3.8, 4) is 0 Å². The predicted molar refractivity (Wildman–Crippen MR) is 171 cm³/mol. The van der Waals surface area contributed by atoms with E-state index in [0.29, 0.717) is 28.8 Å². The van der Waals surface area contributed by atoms with Crippen LogP contribution in [0, 0.1) is 0 Å². The van der Waals surface area contributed by atoms with Crippen LogP contribution < -0.4 is 11.1 Å². The molecule has 46 heavy (non-hydrogen) atoms. The van der Waals surface area contributed by atoms with E-state index in [1.807, 2.05) is 0 Å². The van der Waals surface area contributed by atoms with Crippen LogP contribution in [0.4, 0.5) is 5.13 Å². The number of amides is 2. The number of likely N-dealkylation sites (N-methyl/N-ethyl adjacent to an activating group) is 1. The van der Waals surface area contributed by atoms with Gasteiger partial charge in [-0.05, 0) is 55.2 Å². The fourth-order valence-electron chi connectivity index (χ4n) is 5.75. The second-order valence-corrected chi connectivity index (χ2v) is 14.3. The van der Waals surface area contributed by atoms with Crippen molar-refractivity contribution in [1.82, 2.24) is 49.6 Å². The topological polar surface area (TPSA) is 210 Å². The molecule has 248 valence electrons. The molecule has 20 heteroatoms. The summed E-state index contributed by atoms with van der Waals surface area (Å²) in [5.41, 5.74) is 6.06. The van der Waals surface area contributed by atoms with E-state index >= 15 is 0 Å². The van der Waals surface area contributed by atoms with Crippen molar-refractivity contribution in [2.75, 3.05) is 57.0 Å². The molecule has 0 radical (unpaired) electrons. The van der Waals surface area contributed by atoms with Gasteiger partial charge in [-0.15, -0.1) is 16.9 Å². The second kappa shape index (κ2) is 14.6. The van der Waals surface area contributed by atoms with E-state index in [9.17, 15) is 19.5 Å². The minimum absolute atomic E-state index is 0.00465. The van der Waals surface area contributed by atoms with Crippen LogP contribution in [0.25, 0.3) is 0 Å². The van der Waals surface area contributed by atoms with Crippen LogP contribution in [0.1, 0.15) is 37.9 Å². The average Bonchev–Trinajstić information content (AvgIpc) is 3.82. The lowest BCUT2D eigenvalue weighted by atomic mass is 10.0. The number of aromatic nitrogens is 6. The highest BCUT2D eigenvalue weighted by molar-refractivity contribution is 8.01. The van der Waals surface area contributed by atoms with Crippen molar-refractivity contribution in [1.29, 1.82) is 0 Å². The number of piperazine rings is 1. The molecule has 4 aliphatic rings. The van der Waals surface area contributed by atoms with Gasteiger partial charge in [0.2, 0.25) is 16.7 Å². The fourth-order valence-corrected chi connectivity index (χ4v) is 8.57. The van der Waals surface area contributed by atoms with E-state index in [2.05, 4.69) is 52.2 Å². The number of aliphatic carboxylic acids is 1. The molecule has 0 aromatic carbocycles. The number of carbonyl (C=O) groups excluding carboxylic acids is 2. The molecular formula is C26H36N12O5S3. The normalized spacial score (nSPS) is 23.0. The Morgan fingerprint density at radius 1 is 1.20 bits per heavy atom. The number of tetrazole rings is 1. The molecule has 3 fully saturated rings. The zero-order chi connectivity index (χ0) is 32.2. The van der Waals surface area contributed by atoms with E-state index in [0.717, 1.165) is 76.4 Å². The zero-order valence-electron chi connectivity index (χ0n) is 25.3. The second-order valence-electron chi connectivity index (χ2n) is 11.5. The molecule has 4 N–H and O–H groups in total. The van der Waals surface area contributed by atoms with Crippen LogP contribution in [0.5, 0.6) is 0 Å². The Kier molecular flexibility index (Phi) is 10.4. The van der Waals surface area contributed by atoms with Crippen LogP contribution in [0.2, 0.25) is 0 Å². The SMILES string of the molecule is CN1CCN(CCCn2nnnc2SCC2=C(C(=O)O)N3C(=O)C(NC(=O)C(=NOC4CCCC4)c4nsc(N)n4)[C@H]3SC2)CC1. The summed E-state index contributed by atoms with van der Waals surface area (Å²) in [6.07, 6.45) is 4.47. The molecule has 1 unspecified atom stereocenters. The first-order valence-corrected chi connectivity index (χ1v) is 17.9. The molecule has 2 amide bonds. The third kappa shape index (κ3) is 7.29. The number of nitrogen functional groups attached to an aromatic ring is 1. The van der Waals surface area contributed by atoms with Crippen molar-refractivity contribution in [3.63, 3.8) is 0 Å². The number of nitrogens with two attached hydrogens (primary N) is 1. The van der Waals surface area contributed by atoms with Crippen molar-refractivity contribution in [2.24, 2.45) is 5.16 Å². The van der Waals surface area contributed by atoms with E-state index < -0.39 is 29.2 Å². The molecule has 1 aliphatic carbocycles. The molecule has 5 heterocycles. The number of hydrogen-bond acceptors (Lipinski definition) is 16. The van der Waals surface area contributed by atoms with Crippen LogP contribution in [-0.4, -0.2) is 142 Å². The largest absolute Gasteiger partial charge is 0.477 e. The highest BCUT2D eigenvalue weighted by Crippen LogP contribution is 2.41. The molecule has 2 aromatic heterocycles. The first kappa shape index (κ1) is 32.6. The van der Waals surface area contributed by atoms with Gasteiger partial charge in [0.15, 0.2) is 5.13 Å². The van der Waals surface area contributed by atoms with Gasteiger partial charge in [-0.25, -0.2) is 9.48 Å². The van der Waals surface area contributed by atoms with Crippen LogP contribution >= 0.6 is 35.1 Å². The molecule has 17 nitrogen and oxygen atoms in total. The molecule has 1 saturated carbocycles. The first-order chi connectivity index (χ1) is 22.3. The van der Waals surface area contributed by atoms with Crippen LogP contribution in [0.3, 0.4) is 0 Å². The van der Waals surface area contributed by atoms with E-state index in [1.54, 1.807) is 4.68 Å². The predicted octanol–water partition coefficient (Wildman–Crippen LogP) is -0.0615. The van der Waals surface area contributed by atoms with E-state index in [-0.39, 0.29) is 28.5 Å². The summed E-state index contributed by atoms with van der Waals surface area (Å²) in [6.45, 7) is 5.80. The van der Waals surface area contributed by atoms with Gasteiger partial charge in [0.25, 0.3) is 11.8 Å². The molecule has 6 rings (SSSR count). The van der Waals surface area contributed by atoms with Crippen LogP contribution in [-0.2, 0) is 25.8 Å². The minimum Gasteiger partial charge on any atom is -0.477 e. The summed E-state index contributed by atoms with van der Waals surface area (Å²) < 4.78 is 5.83. The third-order valence-electron chi connectivity index (χ3n) is 8.31. The highest BCUT2D eigenvalue weighted by atomic mass is 32.2. The monoisotopic (exact) mass is 692 g/mol. The Morgan fingerprint density at radius 2 is 1.98 bits per heavy atom. The quantitative estimate of drug-likeness (QED) is 0.109. The summed E-state index contributed by atoms with van der Waals surface area (Å²) in [5, 5.41) is 29.1. The van der Waals surface area contributed by atoms with Gasteiger partial charge < -0.3 is 30.8 Å². The summed E-state index contributed by atoms with van der Waals surface area (Å²) in [7, 11) is 2.13. The molecule has 2 aromatic rings. The van der Waals surface area contributed by atoms with Crippen molar-refractivity contribution < 1.29 is 24.3 Å². The number of rotatable bonds is 13. The number of nitrogens with one attached hydrogen (secondary N) is 1. The minimum atomic E-state index is -1.21. The summed E-state index contributed by atoms with van der Waals surface area (Å²) in [5.74, 6) is -1.77. The van der Waals surface area contributed by atoms with Crippen molar-refractivity contribution in [3.05, 3.63) is 17.1 Å². The standard InChI is InChI=1S/C26H36N12O5S3/c1-35-9-11-36(12-10-35)7-4-8-37-26(30-33-34-37)45-14-15-13-44-23-18(22(40)38(23)19(15)24(41)42)28-21(39)17(20-29-25(27)46-32-20)31-43-16-5-2-3-6-16/h16,18,23H,2-14H2,1H3,(H,28,39)(H,41,42)(H2,27,29,32)/t18?,23-/m1/s1. The van der Waals surface area contributed by atoms with Gasteiger partial charge in [-0.2, -0.15) is 9.36 Å². The van der Waals surface area contributed by atoms with Gasteiger partial charge in [0, 0.05) is 62.3 Å². The van der Waals surface area contributed by atoms with Gasteiger partial charge in [-0.1, -0.05) is 16.9 Å². The Balaban J connectivity index is 1.07. The van der Waals surface area contributed by atoms with Crippen LogP contribution in [0.15, 0.2) is 21.6 Å². The molecule has 2 atom stereocenters. The summed E-state index contributed by atoms with van der Waals surface area (Å²) in [4.78, 5) is 54.7. The number of fused-ring (bicyclic) bond motifs is 1. The number of anilines is 1. The number of oxime groups is 1. The lowest BCUT2D eigenvalue weighted by Crippen LogP contribution is -2.71. The number of nitrogens with zero attached hydrogens (tertiary/aromatic N) is 10. The molecule has 2 saturated heterocycles. The summed E-state index contributed by atoms with van der Waals surface area (Å²) in [6, 6.07) is -0.957. The maximum Gasteiger partial charge on any atom is 0.352 e. The maximum absolute atomic E-state index is 13.3. The Hall–Kier alpha value is -3.33. The van der Waals surface area contributed by atoms with Crippen molar-refractivity contribution in [2.45, 2.75) is 61.3 Å². The lowest BCUT2D eigenvalue weighted by molar-refractivity contribution is -0.150. The van der Waals surface area contributed by atoms with Gasteiger partial charge in [-0.3, -0.25) is 14.5 Å². The number of carbonyl (C=O) groups is 3. The molecule has 3 aliphatic heterocycles. The Labute approximate surface area is 277 Å². The van der Waals surface area contributed by atoms with Crippen molar-refractivity contribution >= 4 is 63.7 Å². The number of carboxylic acids is 1. The number of aryl methyl sites for hydroxylation is 1. The Morgan fingerprint density at radius 3 is 2.70 bits per heavy atom.